The molecule has 1 saturated carbocycles. The van der Waals surface area contributed by atoms with E-state index < -0.39 is 0 Å². The van der Waals surface area contributed by atoms with Crippen LogP contribution in [0.15, 0.2) is 0 Å². The fourth-order valence-corrected chi connectivity index (χ4v) is 6.69. The minimum Gasteiger partial charge on any atom is -0.144 e. The van der Waals surface area contributed by atoms with Gasteiger partial charge in [0, 0.05) is 9.75 Å². The molecule has 1 aliphatic carbocycles. The lowest BCUT2D eigenvalue weighted by Gasteiger charge is -2.30. The van der Waals surface area contributed by atoms with Crippen molar-refractivity contribution in [2.24, 2.45) is 0 Å². The van der Waals surface area contributed by atoms with Crippen molar-refractivity contribution in [3.05, 3.63) is 20.9 Å². The van der Waals surface area contributed by atoms with E-state index in [9.17, 15) is 0 Å². The van der Waals surface area contributed by atoms with Crippen LogP contribution in [0.25, 0.3) is 0 Å². The number of rotatable bonds is 7. The SMILES string of the molecule is CCCC(C)(C)c1sc(C(C)(C)CCC)c(C2CCCCC2)c1C. The second kappa shape index (κ2) is 7.94. The third kappa shape index (κ3) is 4.09. The van der Waals surface area contributed by atoms with Gasteiger partial charge < -0.3 is 0 Å². The molecule has 138 valence electrons. The van der Waals surface area contributed by atoms with Crippen molar-refractivity contribution in [2.75, 3.05) is 0 Å². The maximum atomic E-state index is 2.49. The van der Waals surface area contributed by atoms with Crippen LogP contribution in [0.3, 0.4) is 0 Å². The Balaban J connectivity index is 2.54. The van der Waals surface area contributed by atoms with E-state index in [2.05, 4.69) is 59.8 Å². The van der Waals surface area contributed by atoms with Crippen LogP contribution in [-0.4, -0.2) is 0 Å². The zero-order valence-corrected chi connectivity index (χ0v) is 18.2. The van der Waals surface area contributed by atoms with Gasteiger partial charge in [-0.2, -0.15) is 0 Å². The molecular weight excluding hydrogens is 308 g/mol. The van der Waals surface area contributed by atoms with Gasteiger partial charge in [0.2, 0.25) is 0 Å². The molecule has 0 saturated heterocycles. The standard InChI is InChI=1S/C23H40S/c1-8-15-22(4,5)20-17(3)19(18-13-11-10-12-14-18)21(24-20)23(6,7)16-9-2/h18H,8-16H2,1-7H3. The number of thiophene rings is 1. The van der Waals surface area contributed by atoms with Gasteiger partial charge in [-0.15, -0.1) is 11.3 Å². The summed E-state index contributed by atoms with van der Waals surface area (Å²) in [6, 6.07) is 0. The van der Waals surface area contributed by atoms with E-state index in [4.69, 9.17) is 0 Å². The Hall–Kier alpha value is -0.300. The molecule has 24 heavy (non-hydrogen) atoms. The highest BCUT2D eigenvalue weighted by Crippen LogP contribution is 2.50. The van der Waals surface area contributed by atoms with Gasteiger partial charge in [-0.1, -0.05) is 73.6 Å². The molecule has 0 atom stereocenters. The summed E-state index contributed by atoms with van der Waals surface area (Å²) < 4.78 is 0. The second-order valence-corrected chi connectivity index (χ2v) is 10.4. The minimum absolute atomic E-state index is 0.327. The summed E-state index contributed by atoms with van der Waals surface area (Å²) in [4.78, 5) is 3.41. The molecule has 1 heteroatoms. The Morgan fingerprint density at radius 2 is 1.33 bits per heavy atom. The normalized spacial score (nSPS) is 17.5. The van der Waals surface area contributed by atoms with E-state index >= 15 is 0 Å². The molecule has 0 amide bonds. The Kier molecular flexibility index (Phi) is 6.62. The first-order valence-corrected chi connectivity index (χ1v) is 11.2. The first-order chi connectivity index (χ1) is 11.2. The van der Waals surface area contributed by atoms with Crippen LogP contribution >= 0.6 is 11.3 Å². The quantitative estimate of drug-likeness (QED) is 0.465. The lowest BCUT2D eigenvalue weighted by Crippen LogP contribution is -2.19. The third-order valence-electron chi connectivity index (χ3n) is 6.19. The summed E-state index contributed by atoms with van der Waals surface area (Å²) in [5.41, 5.74) is 4.09. The molecule has 0 nitrogen and oxygen atoms in total. The minimum atomic E-state index is 0.327. The van der Waals surface area contributed by atoms with Gasteiger partial charge in [-0.3, -0.25) is 0 Å². The molecule has 0 bridgehead atoms. The predicted molar refractivity (Wildman–Crippen MR) is 111 cm³/mol. The maximum absolute atomic E-state index is 2.49. The average molecular weight is 349 g/mol. The van der Waals surface area contributed by atoms with Gasteiger partial charge in [0.25, 0.3) is 0 Å². The van der Waals surface area contributed by atoms with Gasteiger partial charge >= 0.3 is 0 Å². The van der Waals surface area contributed by atoms with Gasteiger partial charge in [0.1, 0.15) is 0 Å². The average Bonchev–Trinajstić information content (AvgIpc) is 2.87. The van der Waals surface area contributed by atoms with Crippen LogP contribution in [0.2, 0.25) is 0 Å². The zero-order valence-electron chi connectivity index (χ0n) is 17.3. The molecule has 1 heterocycles. The molecule has 0 N–H and O–H groups in total. The topological polar surface area (TPSA) is 0 Å². The summed E-state index contributed by atoms with van der Waals surface area (Å²) in [5.74, 6) is 0.826. The largest absolute Gasteiger partial charge is 0.144 e. The van der Waals surface area contributed by atoms with Gasteiger partial charge in [-0.05, 0) is 60.5 Å². The second-order valence-electron chi connectivity index (χ2n) is 9.40. The molecule has 0 aromatic carbocycles. The molecule has 0 spiro atoms. The predicted octanol–water partition coefficient (Wildman–Crippen LogP) is 8.26. The first-order valence-electron chi connectivity index (χ1n) is 10.4. The van der Waals surface area contributed by atoms with Crippen molar-refractivity contribution >= 4 is 11.3 Å². The zero-order chi connectivity index (χ0) is 18.0. The Labute approximate surface area is 155 Å². The van der Waals surface area contributed by atoms with Crippen LogP contribution in [0.4, 0.5) is 0 Å². The van der Waals surface area contributed by atoms with E-state index in [0.29, 0.717) is 10.8 Å². The van der Waals surface area contributed by atoms with Crippen LogP contribution < -0.4 is 0 Å². The lowest BCUT2D eigenvalue weighted by molar-refractivity contribution is 0.424. The van der Waals surface area contributed by atoms with Gasteiger partial charge in [0.15, 0.2) is 0 Å². The molecule has 2 rings (SSSR count). The summed E-state index contributed by atoms with van der Waals surface area (Å²) in [6.45, 7) is 17.0. The number of hydrogen-bond acceptors (Lipinski definition) is 1. The van der Waals surface area contributed by atoms with Crippen LogP contribution in [-0.2, 0) is 10.8 Å². The van der Waals surface area contributed by atoms with Crippen LogP contribution in [0.5, 0.6) is 0 Å². The molecule has 0 radical (unpaired) electrons. The summed E-state index contributed by atoms with van der Waals surface area (Å²) in [5, 5.41) is 0. The summed E-state index contributed by atoms with van der Waals surface area (Å²) >= 11 is 2.17. The van der Waals surface area contributed by atoms with E-state index in [1.165, 1.54) is 57.8 Å². The van der Waals surface area contributed by atoms with Crippen molar-refractivity contribution in [3.63, 3.8) is 0 Å². The molecular formula is C23H40S. The van der Waals surface area contributed by atoms with E-state index in [0.717, 1.165) is 5.92 Å². The molecule has 0 unspecified atom stereocenters. The van der Waals surface area contributed by atoms with Gasteiger partial charge in [0.05, 0.1) is 0 Å². The van der Waals surface area contributed by atoms with Crippen molar-refractivity contribution in [1.82, 2.24) is 0 Å². The van der Waals surface area contributed by atoms with Crippen LogP contribution in [0, 0.1) is 6.92 Å². The molecule has 0 aliphatic heterocycles. The lowest BCUT2D eigenvalue weighted by atomic mass is 9.75. The summed E-state index contributed by atoms with van der Waals surface area (Å²) in [6.07, 6.45) is 12.3. The van der Waals surface area contributed by atoms with Crippen molar-refractivity contribution in [2.45, 2.75) is 123 Å². The highest BCUT2D eigenvalue weighted by molar-refractivity contribution is 7.12. The van der Waals surface area contributed by atoms with Crippen LogP contribution in [0.1, 0.15) is 126 Å². The highest BCUT2D eigenvalue weighted by atomic mass is 32.1. The Bertz CT molecular complexity index is 526. The fourth-order valence-electron chi connectivity index (χ4n) is 5.03. The maximum Gasteiger partial charge on any atom is 0.0142 e. The molecule has 1 aromatic heterocycles. The fraction of sp³-hybridized carbons (Fsp3) is 0.826. The third-order valence-corrected chi connectivity index (χ3v) is 8.23. The van der Waals surface area contributed by atoms with E-state index in [1.807, 2.05) is 0 Å². The molecule has 1 aliphatic rings. The Morgan fingerprint density at radius 3 is 1.83 bits per heavy atom. The van der Waals surface area contributed by atoms with E-state index in [1.54, 1.807) is 20.9 Å². The van der Waals surface area contributed by atoms with Crippen molar-refractivity contribution < 1.29 is 0 Å². The Morgan fingerprint density at radius 1 is 0.833 bits per heavy atom. The smallest absolute Gasteiger partial charge is 0.0142 e. The van der Waals surface area contributed by atoms with Crippen molar-refractivity contribution in [3.8, 4) is 0 Å². The van der Waals surface area contributed by atoms with Crippen molar-refractivity contribution in [1.29, 1.82) is 0 Å². The molecule has 1 fully saturated rings. The highest BCUT2D eigenvalue weighted by Gasteiger charge is 2.35. The van der Waals surface area contributed by atoms with Gasteiger partial charge in [-0.25, -0.2) is 0 Å². The van der Waals surface area contributed by atoms with E-state index in [-0.39, 0.29) is 0 Å². The number of hydrogen-bond donors (Lipinski definition) is 0. The summed E-state index contributed by atoms with van der Waals surface area (Å²) in [7, 11) is 0. The molecule has 1 aromatic rings. The first kappa shape index (κ1) is 20.0. The monoisotopic (exact) mass is 348 g/mol.